The molecule has 0 amide bonds. The van der Waals surface area contributed by atoms with E-state index in [2.05, 4.69) is 4.74 Å². The summed E-state index contributed by atoms with van der Waals surface area (Å²) >= 11 is 0. The van der Waals surface area contributed by atoms with Gasteiger partial charge in [0.15, 0.2) is 0 Å². The monoisotopic (exact) mass is 307 g/mol. The summed E-state index contributed by atoms with van der Waals surface area (Å²) in [6.07, 6.45) is -3.94. The topological polar surface area (TPSA) is 42.2 Å². The van der Waals surface area contributed by atoms with E-state index in [-0.39, 0.29) is 5.75 Å². The van der Waals surface area contributed by atoms with Crippen LogP contribution in [0.15, 0.2) is 42.5 Å². The van der Waals surface area contributed by atoms with Gasteiger partial charge in [0.1, 0.15) is 23.3 Å². The molecule has 6 heteroatoms. The van der Waals surface area contributed by atoms with Crippen LogP contribution >= 0.6 is 0 Å². The number of alkyl halides is 3. The second kappa shape index (κ2) is 6.39. The van der Waals surface area contributed by atoms with E-state index in [0.717, 1.165) is 24.1 Å². The molecule has 0 fully saturated rings. The molecule has 0 bridgehead atoms. The number of ether oxygens (including phenoxy) is 2. The van der Waals surface area contributed by atoms with Crippen molar-refractivity contribution in [1.29, 1.82) is 5.26 Å². The van der Waals surface area contributed by atoms with Gasteiger partial charge in [-0.25, -0.2) is 0 Å². The van der Waals surface area contributed by atoms with Crippen LogP contribution in [0.1, 0.15) is 18.1 Å². The molecule has 0 unspecified atom stereocenters. The number of nitriles is 1. The fourth-order valence-electron chi connectivity index (χ4n) is 1.81. The minimum Gasteiger partial charge on any atom is -0.456 e. The molecule has 2 aromatic rings. The van der Waals surface area contributed by atoms with E-state index in [4.69, 9.17) is 10.00 Å². The molecule has 2 rings (SSSR count). The van der Waals surface area contributed by atoms with Gasteiger partial charge in [0.2, 0.25) is 0 Å². The fourth-order valence-corrected chi connectivity index (χ4v) is 1.81. The van der Waals surface area contributed by atoms with Crippen molar-refractivity contribution >= 4 is 0 Å². The molecule has 0 saturated heterocycles. The van der Waals surface area contributed by atoms with Crippen molar-refractivity contribution in [2.45, 2.75) is 19.7 Å². The van der Waals surface area contributed by atoms with E-state index in [1.165, 1.54) is 12.1 Å². The molecular weight excluding hydrogens is 295 g/mol. The molecule has 0 N–H and O–H groups in total. The van der Waals surface area contributed by atoms with Gasteiger partial charge in [-0.05, 0) is 48.4 Å². The van der Waals surface area contributed by atoms with Crippen LogP contribution in [0.25, 0.3) is 0 Å². The van der Waals surface area contributed by atoms with Crippen LogP contribution < -0.4 is 9.47 Å². The first kappa shape index (κ1) is 15.7. The molecule has 0 spiro atoms. The minimum atomic E-state index is -4.73. The summed E-state index contributed by atoms with van der Waals surface area (Å²) in [6.45, 7) is 1.97. The summed E-state index contributed by atoms with van der Waals surface area (Å²) in [5.41, 5.74) is 1.37. The van der Waals surface area contributed by atoms with Gasteiger partial charge in [0.05, 0.1) is 5.56 Å². The number of hydrogen-bond donors (Lipinski definition) is 0. The normalized spacial score (nSPS) is 10.9. The van der Waals surface area contributed by atoms with Crippen molar-refractivity contribution in [1.82, 2.24) is 0 Å². The van der Waals surface area contributed by atoms with E-state index in [1.54, 1.807) is 12.1 Å². The summed E-state index contributed by atoms with van der Waals surface area (Å²) in [6, 6.07) is 12.2. The van der Waals surface area contributed by atoms with Crippen molar-refractivity contribution in [3.05, 3.63) is 53.6 Å². The molecule has 2 aromatic carbocycles. The average Bonchev–Trinajstić information content (AvgIpc) is 2.48. The zero-order chi connectivity index (χ0) is 16.2. The van der Waals surface area contributed by atoms with Gasteiger partial charge in [-0.2, -0.15) is 5.26 Å². The molecule has 22 heavy (non-hydrogen) atoms. The van der Waals surface area contributed by atoms with Gasteiger partial charge in [-0.1, -0.05) is 13.0 Å². The lowest BCUT2D eigenvalue weighted by Gasteiger charge is -2.11. The Bertz CT molecular complexity index is 688. The van der Waals surface area contributed by atoms with Gasteiger partial charge in [-0.15, -0.1) is 13.2 Å². The van der Waals surface area contributed by atoms with Gasteiger partial charge < -0.3 is 9.47 Å². The molecule has 3 nitrogen and oxygen atoms in total. The maximum absolute atomic E-state index is 12.1. The first-order chi connectivity index (χ1) is 10.4. The van der Waals surface area contributed by atoms with Crippen LogP contribution in [0.2, 0.25) is 0 Å². The minimum absolute atomic E-state index is 0.315. The number of hydrogen-bond acceptors (Lipinski definition) is 3. The maximum atomic E-state index is 12.1. The van der Waals surface area contributed by atoms with Crippen LogP contribution in [0.4, 0.5) is 13.2 Å². The Morgan fingerprint density at radius 1 is 1.05 bits per heavy atom. The van der Waals surface area contributed by atoms with Crippen LogP contribution in [0.3, 0.4) is 0 Å². The predicted octanol–water partition coefficient (Wildman–Crippen LogP) is 4.81. The Morgan fingerprint density at radius 3 is 2.23 bits per heavy atom. The third kappa shape index (κ3) is 4.16. The van der Waals surface area contributed by atoms with Crippen LogP contribution in [-0.4, -0.2) is 6.36 Å². The summed E-state index contributed by atoms with van der Waals surface area (Å²) in [5, 5.41) is 9.11. The van der Waals surface area contributed by atoms with E-state index in [9.17, 15) is 13.2 Å². The molecule has 0 aliphatic rings. The number of halogens is 3. The molecule has 0 saturated carbocycles. The van der Waals surface area contributed by atoms with Crippen molar-refractivity contribution < 1.29 is 22.6 Å². The smallest absolute Gasteiger partial charge is 0.456 e. The maximum Gasteiger partial charge on any atom is 0.573 e. The highest BCUT2D eigenvalue weighted by molar-refractivity contribution is 5.47. The number of benzene rings is 2. The summed E-state index contributed by atoms with van der Waals surface area (Å²) < 4.78 is 45.5. The van der Waals surface area contributed by atoms with E-state index in [0.29, 0.717) is 17.1 Å². The molecular formula is C16H12F3NO2. The molecule has 0 radical (unpaired) electrons. The van der Waals surface area contributed by atoms with Crippen molar-refractivity contribution in [3.8, 4) is 23.3 Å². The van der Waals surface area contributed by atoms with Crippen molar-refractivity contribution in [2.75, 3.05) is 0 Å². The van der Waals surface area contributed by atoms with Crippen LogP contribution in [0, 0.1) is 11.3 Å². The zero-order valence-electron chi connectivity index (χ0n) is 11.6. The molecule has 0 aromatic heterocycles. The molecule has 0 aliphatic heterocycles. The number of aryl methyl sites for hydroxylation is 1. The van der Waals surface area contributed by atoms with Crippen LogP contribution in [0.5, 0.6) is 17.2 Å². The fraction of sp³-hybridized carbons (Fsp3) is 0.188. The third-order valence-electron chi connectivity index (χ3n) is 2.86. The summed E-state index contributed by atoms with van der Waals surface area (Å²) in [4.78, 5) is 0. The lowest BCUT2D eigenvalue weighted by Crippen LogP contribution is -2.16. The largest absolute Gasteiger partial charge is 0.573 e. The van der Waals surface area contributed by atoms with Gasteiger partial charge in [0, 0.05) is 0 Å². The lowest BCUT2D eigenvalue weighted by molar-refractivity contribution is -0.274. The quantitative estimate of drug-likeness (QED) is 0.814. The number of rotatable bonds is 4. The highest BCUT2D eigenvalue weighted by Gasteiger charge is 2.30. The van der Waals surface area contributed by atoms with Crippen molar-refractivity contribution in [2.24, 2.45) is 0 Å². The highest BCUT2D eigenvalue weighted by Crippen LogP contribution is 2.29. The van der Waals surface area contributed by atoms with Gasteiger partial charge in [0.25, 0.3) is 0 Å². The van der Waals surface area contributed by atoms with E-state index < -0.39 is 6.36 Å². The molecule has 0 heterocycles. The first-order valence-corrected chi connectivity index (χ1v) is 6.48. The Morgan fingerprint density at radius 2 is 1.68 bits per heavy atom. The average molecular weight is 307 g/mol. The zero-order valence-corrected chi connectivity index (χ0v) is 11.6. The Balaban J connectivity index is 2.16. The standard InChI is InChI=1S/C16H12F3NO2/c1-2-11-3-8-15(12(9-11)10-20)21-13-4-6-14(7-5-13)22-16(17,18)19/h3-9H,2H2,1H3. The molecule has 114 valence electrons. The number of nitrogens with zero attached hydrogens (tertiary/aromatic N) is 1. The Kier molecular flexibility index (Phi) is 4.56. The second-order valence-corrected chi connectivity index (χ2v) is 4.42. The van der Waals surface area contributed by atoms with Crippen LogP contribution in [-0.2, 0) is 6.42 Å². The summed E-state index contributed by atoms with van der Waals surface area (Å²) in [7, 11) is 0. The predicted molar refractivity (Wildman–Crippen MR) is 73.7 cm³/mol. The summed E-state index contributed by atoms with van der Waals surface area (Å²) in [5.74, 6) is 0.334. The SMILES string of the molecule is CCc1ccc(Oc2ccc(OC(F)(F)F)cc2)c(C#N)c1. The second-order valence-electron chi connectivity index (χ2n) is 4.42. The molecule has 0 aliphatic carbocycles. The van der Waals surface area contributed by atoms with E-state index in [1.807, 2.05) is 19.1 Å². The Hall–Kier alpha value is -2.68. The Labute approximate surface area is 125 Å². The highest BCUT2D eigenvalue weighted by atomic mass is 19.4. The first-order valence-electron chi connectivity index (χ1n) is 6.48. The third-order valence-corrected chi connectivity index (χ3v) is 2.86. The van der Waals surface area contributed by atoms with Gasteiger partial charge in [-0.3, -0.25) is 0 Å². The molecule has 0 atom stereocenters. The van der Waals surface area contributed by atoms with Crippen molar-refractivity contribution in [3.63, 3.8) is 0 Å². The van der Waals surface area contributed by atoms with E-state index >= 15 is 0 Å². The van der Waals surface area contributed by atoms with Gasteiger partial charge >= 0.3 is 6.36 Å². The lowest BCUT2D eigenvalue weighted by atomic mass is 10.1.